The fourth-order valence-electron chi connectivity index (χ4n) is 3.53. The fraction of sp³-hybridized carbons (Fsp3) is 0.524. The Morgan fingerprint density at radius 3 is 2.63 bits per heavy atom. The van der Waals surface area contributed by atoms with Crippen molar-refractivity contribution >= 4 is 47.4 Å². The summed E-state index contributed by atoms with van der Waals surface area (Å²) in [5, 5.41) is 4.15. The summed E-state index contributed by atoms with van der Waals surface area (Å²) in [5.74, 6) is 1.93. The van der Waals surface area contributed by atoms with Gasteiger partial charge in [-0.1, -0.05) is 17.7 Å². The van der Waals surface area contributed by atoms with Gasteiger partial charge in [0.2, 0.25) is 0 Å². The summed E-state index contributed by atoms with van der Waals surface area (Å²) in [6.45, 7) is 8.34. The zero-order chi connectivity index (χ0) is 20.8. The predicted molar refractivity (Wildman–Crippen MR) is 136 cm³/mol. The van der Waals surface area contributed by atoms with E-state index in [2.05, 4.69) is 49.6 Å². The Morgan fingerprint density at radius 1 is 1.27 bits per heavy atom. The van der Waals surface area contributed by atoms with Crippen molar-refractivity contribution in [2.24, 2.45) is 12.0 Å². The number of aromatic nitrogens is 2. The molecule has 3 rings (SSSR count). The van der Waals surface area contributed by atoms with E-state index >= 15 is 0 Å². The van der Waals surface area contributed by atoms with Gasteiger partial charge in [-0.25, -0.2) is 9.98 Å². The smallest absolute Gasteiger partial charge is 0.194 e. The number of nitrogens with zero attached hydrogens (tertiary/aromatic N) is 6. The molecule has 0 bridgehead atoms. The molecule has 1 fully saturated rings. The molecule has 1 aliphatic rings. The number of hydrogen-bond acceptors (Lipinski definition) is 4. The highest BCUT2D eigenvalue weighted by Crippen LogP contribution is 2.20. The third-order valence-corrected chi connectivity index (χ3v) is 5.45. The Bertz CT molecular complexity index is 831. The molecule has 30 heavy (non-hydrogen) atoms. The average Bonchev–Trinajstić information content (AvgIpc) is 3.02. The normalized spacial score (nSPS) is 15.1. The van der Waals surface area contributed by atoms with Crippen LogP contribution < -0.4 is 10.2 Å². The summed E-state index contributed by atoms with van der Waals surface area (Å²) in [4.78, 5) is 16.4. The molecule has 1 saturated heterocycles. The molecule has 0 aliphatic carbocycles. The molecule has 0 amide bonds. The lowest BCUT2D eigenvalue weighted by molar-refractivity contribution is 0.312. The van der Waals surface area contributed by atoms with Crippen molar-refractivity contribution in [2.75, 3.05) is 51.7 Å². The number of aliphatic imine (C=N–C) groups is 1. The first-order valence-electron chi connectivity index (χ1n) is 10.2. The Balaban J connectivity index is 0.00000320. The first-order valence-corrected chi connectivity index (χ1v) is 10.5. The summed E-state index contributed by atoms with van der Waals surface area (Å²) in [5.41, 5.74) is 2.30. The lowest BCUT2D eigenvalue weighted by atomic mass is 10.2. The van der Waals surface area contributed by atoms with Crippen molar-refractivity contribution < 1.29 is 0 Å². The number of pyridine rings is 1. The number of halogens is 2. The average molecular weight is 546 g/mol. The van der Waals surface area contributed by atoms with E-state index in [9.17, 15) is 0 Å². The summed E-state index contributed by atoms with van der Waals surface area (Å²) >= 11 is 6.13. The summed E-state index contributed by atoms with van der Waals surface area (Å²) in [6, 6.07) is 6.12. The molecule has 0 saturated carbocycles. The molecule has 166 valence electrons. The quantitative estimate of drug-likeness (QED) is 0.344. The molecule has 0 radical (unpaired) electrons. The Morgan fingerprint density at radius 2 is 2.00 bits per heavy atom. The van der Waals surface area contributed by atoms with Crippen LogP contribution in [0.5, 0.6) is 0 Å². The van der Waals surface area contributed by atoms with Crippen LogP contribution in [-0.2, 0) is 20.1 Å². The van der Waals surface area contributed by atoms with Gasteiger partial charge in [-0.05, 0) is 26.1 Å². The van der Waals surface area contributed by atoms with E-state index in [0.717, 1.165) is 67.3 Å². The second-order valence-electron chi connectivity index (χ2n) is 7.56. The van der Waals surface area contributed by atoms with Crippen molar-refractivity contribution in [3.8, 4) is 0 Å². The van der Waals surface area contributed by atoms with Crippen molar-refractivity contribution in [2.45, 2.75) is 20.0 Å². The highest BCUT2D eigenvalue weighted by atomic mass is 127. The van der Waals surface area contributed by atoms with Gasteiger partial charge in [0, 0.05) is 70.5 Å². The highest BCUT2D eigenvalue weighted by Gasteiger charge is 2.18. The highest BCUT2D eigenvalue weighted by molar-refractivity contribution is 14.0. The third-order valence-electron chi connectivity index (χ3n) is 5.24. The zero-order valence-electron chi connectivity index (χ0n) is 18.3. The van der Waals surface area contributed by atoms with Gasteiger partial charge >= 0.3 is 0 Å². The number of guanidine groups is 1. The molecular formula is C21H33ClIN7. The molecule has 2 aromatic heterocycles. The molecule has 9 heteroatoms. The third kappa shape index (κ3) is 6.49. The Hall–Kier alpha value is -1.52. The molecule has 1 aliphatic heterocycles. The number of rotatable bonds is 6. The van der Waals surface area contributed by atoms with Crippen LogP contribution in [0.4, 0.5) is 5.82 Å². The van der Waals surface area contributed by atoms with E-state index < -0.39 is 0 Å². The second kappa shape index (κ2) is 11.8. The van der Waals surface area contributed by atoms with E-state index in [-0.39, 0.29) is 24.0 Å². The van der Waals surface area contributed by atoms with Crippen LogP contribution in [0, 0.1) is 0 Å². The van der Waals surface area contributed by atoms with Crippen LogP contribution in [0.1, 0.15) is 18.2 Å². The van der Waals surface area contributed by atoms with Crippen molar-refractivity contribution in [1.29, 1.82) is 0 Å². The first kappa shape index (κ1) is 24.7. The van der Waals surface area contributed by atoms with Gasteiger partial charge in [0.05, 0.1) is 18.1 Å². The topological polar surface area (TPSA) is 51.9 Å². The Kier molecular flexibility index (Phi) is 9.70. The molecular weight excluding hydrogens is 513 g/mol. The second-order valence-corrected chi connectivity index (χ2v) is 8.00. The molecule has 3 heterocycles. The summed E-state index contributed by atoms with van der Waals surface area (Å²) < 4.78 is 2.05. The number of nitrogens with one attached hydrogen (secondary N) is 1. The molecule has 0 aromatic carbocycles. The molecule has 0 spiro atoms. The minimum atomic E-state index is 0. The van der Waals surface area contributed by atoms with Crippen LogP contribution in [0.25, 0.3) is 0 Å². The standard InChI is InChI=1S/C21H32ClN7.HI/c1-5-23-21(28(4)16-19-13-18(22)15-27(19)3)25-14-17-7-6-8-24-20(17)29-11-9-26(2)10-12-29;/h6-8,13,15H,5,9-12,14,16H2,1-4H3,(H,23,25);1H. The van der Waals surface area contributed by atoms with Crippen LogP contribution >= 0.6 is 35.6 Å². The van der Waals surface area contributed by atoms with Crippen LogP contribution in [-0.4, -0.2) is 72.1 Å². The molecule has 0 unspecified atom stereocenters. The van der Waals surface area contributed by atoms with Gasteiger partial charge in [-0.15, -0.1) is 24.0 Å². The van der Waals surface area contributed by atoms with Gasteiger partial charge < -0.3 is 24.6 Å². The van der Waals surface area contributed by atoms with Gasteiger partial charge in [-0.3, -0.25) is 0 Å². The van der Waals surface area contributed by atoms with Crippen molar-refractivity contribution in [3.63, 3.8) is 0 Å². The number of piperazine rings is 1. The van der Waals surface area contributed by atoms with Gasteiger partial charge in [-0.2, -0.15) is 0 Å². The van der Waals surface area contributed by atoms with Gasteiger partial charge in [0.1, 0.15) is 5.82 Å². The largest absolute Gasteiger partial charge is 0.357 e. The summed E-state index contributed by atoms with van der Waals surface area (Å²) in [6.07, 6.45) is 3.80. The van der Waals surface area contributed by atoms with E-state index in [0.29, 0.717) is 6.54 Å². The van der Waals surface area contributed by atoms with E-state index in [4.69, 9.17) is 16.6 Å². The summed E-state index contributed by atoms with van der Waals surface area (Å²) in [7, 11) is 6.23. The van der Waals surface area contributed by atoms with Crippen molar-refractivity contribution in [1.82, 2.24) is 24.7 Å². The molecule has 2 aromatic rings. The first-order chi connectivity index (χ1) is 14.0. The van der Waals surface area contributed by atoms with Crippen LogP contribution in [0.15, 0.2) is 35.6 Å². The lowest BCUT2D eigenvalue weighted by Crippen LogP contribution is -2.45. The molecule has 0 atom stereocenters. The SMILES string of the molecule is CCNC(=NCc1cccnc1N1CCN(C)CC1)N(C)Cc1cc(Cl)cn1C.I. The molecule has 7 nitrogen and oxygen atoms in total. The maximum atomic E-state index is 6.13. The number of likely N-dealkylation sites (N-methyl/N-ethyl adjacent to an activating group) is 1. The number of aryl methyl sites for hydroxylation is 1. The van der Waals surface area contributed by atoms with E-state index in [1.54, 1.807) is 0 Å². The Labute approximate surface area is 202 Å². The van der Waals surface area contributed by atoms with Crippen molar-refractivity contribution in [3.05, 3.63) is 46.9 Å². The predicted octanol–water partition coefficient (Wildman–Crippen LogP) is 3.04. The van der Waals surface area contributed by atoms with Gasteiger partial charge in [0.25, 0.3) is 0 Å². The lowest BCUT2D eigenvalue weighted by Gasteiger charge is -2.34. The van der Waals surface area contributed by atoms with Gasteiger partial charge in [0.15, 0.2) is 5.96 Å². The minimum Gasteiger partial charge on any atom is -0.357 e. The van der Waals surface area contributed by atoms with E-state index in [1.807, 2.05) is 38.6 Å². The van der Waals surface area contributed by atoms with E-state index in [1.165, 1.54) is 0 Å². The zero-order valence-corrected chi connectivity index (χ0v) is 21.4. The monoisotopic (exact) mass is 545 g/mol. The maximum absolute atomic E-state index is 6.13. The fourth-order valence-corrected chi connectivity index (χ4v) is 3.80. The molecule has 1 N–H and O–H groups in total. The maximum Gasteiger partial charge on any atom is 0.194 e. The number of anilines is 1. The van der Waals surface area contributed by atoms with Crippen LogP contribution in [0.2, 0.25) is 5.02 Å². The van der Waals surface area contributed by atoms with Crippen LogP contribution in [0.3, 0.4) is 0 Å². The minimum absolute atomic E-state index is 0. The number of hydrogen-bond donors (Lipinski definition) is 1.